The maximum absolute atomic E-state index is 12.7. The number of nitrogens with zero attached hydrogens (tertiary/aromatic N) is 3. The van der Waals surface area contributed by atoms with E-state index < -0.39 is 11.7 Å². The Labute approximate surface area is 184 Å². The number of hydrogen-bond acceptors (Lipinski definition) is 6. The first-order chi connectivity index (χ1) is 14.8. The van der Waals surface area contributed by atoms with Gasteiger partial charge in [0.2, 0.25) is 0 Å². The molecule has 0 spiro atoms. The summed E-state index contributed by atoms with van der Waals surface area (Å²) in [5, 5.41) is 7.75. The van der Waals surface area contributed by atoms with Crippen LogP contribution in [0, 0.1) is 0 Å². The van der Waals surface area contributed by atoms with Crippen LogP contribution in [0.2, 0.25) is 5.15 Å². The van der Waals surface area contributed by atoms with Crippen LogP contribution in [-0.2, 0) is 4.74 Å². The molecule has 2 amide bonds. The first kappa shape index (κ1) is 20.6. The fraction of sp³-hybridized carbons (Fsp3) is 0.182. The predicted molar refractivity (Wildman–Crippen MR) is 117 cm³/mol. The Bertz CT molecular complexity index is 1090. The fourth-order valence-electron chi connectivity index (χ4n) is 3.54. The molecule has 0 aliphatic carbocycles. The first-order valence-corrected chi connectivity index (χ1v) is 9.96. The Kier molecular flexibility index (Phi) is 5.48. The van der Waals surface area contributed by atoms with Gasteiger partial charge in [-0.05, 0) is 55.8 Å². The summed E-state index contributed by atoms with van der Waals surface area (Å²) in [4.78, 5) is 26.7. The lowest BCUT2D eigenvalue weighted by Gasteiger charge is -2.29. The lowest BCUT2D eigenvalue weighted by atomic mass is 9.91. The summed E-state index contributed by atoms with van der Waals surface area (Å²) < 4.78 is 5.63. The van der Waals surface area contributed by atoms with Crippen molar-refractivity contribution >= 4 is 35.1 Å². The average Bonchev–Trinajstić information content (AvgIpc) is 3.02. The minimum absolute atomic E-state index is 0.255. The number of carbonyl (C=O) groups excluding carboxylic acids is 2. The number of carbonyl (C=O) groups is 2. The number of anilines is 2. The van der Waals surface area contributed by atoms with Gasteiger partial charge in [0.25, 0.3) is 5.91 Å². The van der Waals surface area contributed by atoms with Gasteiger partial charge in [0.05, 0.1) is 0 Å². The number of cyclic esters (lactones) is 1. The van der Waals surface area contributed by atoms with Crippen molar-refractivity contribution in [2.75, 3.05) is 10.3 Å². The molecule has 0 saturated carbocycles. The monoisotopic (exact) mass is 437 g/mol. The summed E-state index contributed by atoms with van der Waals surface area (Å²) in [5.74, 6) is -0.0191. The maximum Gasteiger partial charge on any atom is 0.415 e. The molecule has 1 aliphatic heterocycles. The quantitative estimate of drug-likeness (QED) is 0.575. The number of aromatic nitrogens is 2. The smallest absolute Gasteiger partial charge is 0.415 e. The van der Waals surface area contributed by atoms with Gasteiger partial charge in [0.1, 0.15) is 11.6 Å². The third-order valence-corrected chi connectivity index (χ3v) is 5.12. The van der Waals surface area contributed by atoms with Gasteiger partial charge in [0, 0.05) is 11.3 Å². The second-order valence-electron chi connectivity index (χ2n) is 7.52. The minimum atomic E-state index is -0.710. The van der Waals surface area contributed by atoms with Crippen molar-refractivity contribution in [3.05, 3.63) is 83.0 Å². The summed E-state index contributed by atoms with van der Waals surface area (Å²) in [6.07, 6.45) is -0.431. The number of hydrogen-bond donors (Lipinski definition) is 2. The van der Waals surface area contributed by atoms with Crippen LogP contribution in [-0.4, -0.2) is 27.8 Å². The number of amides is 2. The molecule has 0 radical (unpaired) electrons. The lowest BCUT2D eigenvalue weighted by Crippen LogP contribution is -2.34. The van der Waals surface area contributed by atoms with E-state index >= 15 is 0 Å². The van der Waals surface area contributed by atoms with Gasteiger partial charge < -0.3 is 4.74 Å². The molecule has 1 atom stereocenters. The topological polar surface area (TPSA) is 96.5 Å². The predicted octanol–water partition coefficient (Wildman–Crippen LogP) is 4.36. The Hall–Kier alpha value is -3.65. The summed E-state index contributed by atoms with van der Waals surface area (Å²) in [6.45, 7) is 3.77. The first-order valence-electron chi connectivity index (χ1n) is 9.58. The summed E-state index contributed by atoms with van der Waals surface area (Å²) in [5.41, 5.74) is 6.51. The molecule has 1 aliphatic rings. The van der Waals surface area contributed by atoms with Crippen LogP contribution in [0.4, 0.5) is 16.3 Å². The standard InChI is InChI=1S/C22H20ClN5O3/c1-22(2)19(14-6-4-3-5-7-14)28(21(30)31-22)16-10-8-15(9-11-16)20(29)27-26-18-13-12-17(23)24-25-18/h3-13,19H,1-2H3,(H,25,26)(H,27,29). The molecule has 1 fully saturated rings. The van der Waals surface area contributed by atoms with E-state index in [1.165, 1.54) is 0 Å². The highest BCUT2D eigenvalue weighted by Gasteiger charge is 2.49. The molecule has 1 aromatic heterocycles. The van der Waals surface area contributed by atoms with E-state index in [-0.39, 0.29) is 17.1 Å². The van der Waals surface area contributed by atoms with Crippen molar-refractivity contribution in [2.24, 2.45) is 0 Å². The number of halogens is 1. The third-order valence-electron chi connectivity index (χ3n) is 4.92. The maximum atomic E-state index is 12.7. The molecular weight excluding hydrogens is 418 g/mol. The van der Waals surface area contributed by atoms with E-state index in [0.29, 0.717) is 17.1 Å². The van der Waals surface area contributed by atoms with Crippen LogP contribution < -0.4 is 15.8 Å². The second kappa shape index (κ2) is 8.23. The molecule has 4 rings (SSSR count). The molecule has 0 bridgehead atoms. The van der Waals surface area contributed by atoms with Crippen LogP contribution in [0.1, 0.15) is 35.8 Å². The Balaban J connectivity index is 1.51. The van der Waals surface area contributed by atoms with Crippen molar-refractivity contribution in [2.45, 2.75) is 25.5 Å². The molecular formula is C22H20ClN5O3. The van der Waals surface area contributed by atoms with Gasteiger partial charge in [0.15, 0.2) is 11.0 Å². The number of hydrazine groups is 1. The summed E-state index contributed by atoms with van der Waals surface area (Å²) >= 11 is 5.69. The van der Waals surface area contributed by atoms with Gasteiger partial charge in [-0.2, -0.15) is 0 Å². The molecule has 1 unspecified atom stereocenters. The molecule has 31 heavy (non-hydrogen) atoms. The molecule has 3 aromatic rings. The lowest BCUT2D eigenvalue weighted by molar-refractivity contribution is 0.0685. The summed E-state index contributed by atoms with van der Waals surface area (Å²) in [6, 6.07) is 19.3. The van der Waals surface area contributed by atoms with Crippen molar-refractivity contribution in [3.63, 3.8) is 0 Å². The van der Waals surface area contributed by atoms with Crippen molar-refractivity contribution in [1.29, 1.82) is 0 Å². The van der Waals surface area contributed by atoms with Crippen LogP contribution in [0.5, 0.6) is 0 Å². The zero-order chi connectivity index (χ0) is 22.0. The fourth-order valence-corrected chi connectivity index (χ4v) is 3.64. The van der Waals surface area contributed by atoms with E-state index in [1.54, 1.807) is 41.3 Å². The molecule has 9 heteroatoms. The second-order valence-corrected chi connectivity index (χ2v) is 7.91. The largest absolute Gasteiger partial charge is 0.441 e. The Morgan fingerprint density at radius 2 is 1.74 bits per heavy atom. The van der Waals surface area contributed by atoms with Gasteiger partial charge in [-0.25, -0.2) is 4.79 Å². The molecule has 2 heterocycles. The number of rotatable bonds is 5. The van der Waals surface area contributed by atoms with Crippen molar-refractivity contribution in [1.82, 2.24) is 15.6 Å². The van der Waals surface area contributed by atoms with Gasteiger partial charge >= 0.3 is 6.09 Å². The van der Waals surface area contributed by atoms with E-state index in [2.05, 4.69) is 21.0 Å². The Morgan fingerprint density at radius 3 is 2.39 bits per heavy atom. The van der Waals surface area contributed by atoms with E-state index in [4.69, 9.17) is 16.3 Å². The highest BCUT2D eigenvalue weighted by molar-refractivity contribution is 6.29. The normalized spacial score (nSPS) is 17.2. The number of ether oxygens (including phenoxy) is 1. The van der Waals surface area contributed by atoms with Crippen molar-refractivity contribution in [3.8, 4) is 0 Å². The van der Waals surface area contributed by atoms with Crippen LogP contribution >= 0.6 is 11.6 Å². The minimum Gasteiger partial charge on any atom is -0.441 e. The highest BCUT2D eigenvalue weighted by Crippen LogP contribution is 2.43. The molecule has 158 valence electrons. The zero-order valence-corrected chi connectivity index (χ0v) is 17.6. The van der Waals surface area contributed by atoms with E-state index in [1.807, 2.05) is 44.2 Å². The molecule has 2 N–H and O–H groups in total. The third kappa shape index (κ3) is 4.29. The van der Waals surface area contributed by atoms with Gasteiger partial charge in [-0.1, -0.05) is 41.9 Å². The molecule has 8 nitrogen and oxygen atoms in total. The zero-order valence-electron chi connectivity index (χ0n) is 16.9. The Morgan fingerprint density at radius 1 is 1.03 bits per heavy atom. The van der Waals surface area contributed by atoms with E-state index in [0.717, 1.165) is 5.56 Å². The van der Waals surface area contributed by atoms with Crippen LogP contribution in [0.15, 0.2) is 66.7 Å². The van der Waals surface area contributed by atoms with E-state index in [9.17, 15) is 9.59 Å². The highest BCUT2D eigenvalue weighted by atomic mass is 35.5. The van der Waals surface area contributed by atoms with Gasteiger partial charge in [-0.3, -0.25) is 20.5 Å². The van der Waals surface area contributed by atoms with Crippen LogP contribution in [0.3, 0.4) is 0 Å². The van der Waals surface area contributed by atoms with Crippen molar-refractivity contribution < 1.29 is 14.3 Å². The number of nitrogens with one attached hydrogen (secondary N) is 2. The number of benzene rings is 2. The van der Waals surface area contributed by atoms with Gasteiger partial charge in [-0.15, -0.1) is 10.2 Å². The molecule has 2 aromatic carbocycles. The van der Waals surface area contributed by atoms with Crippen LogP contribution in [0.25, 0.3) is 0 Å². The summed E-state index contributed by atoms with van der Waals surface area (Å²) in [7, 11) is 0. The molecule has 1 saturated heterocycles. The SMILES string of the molecule is CC1(C)OC(=O)N(c2ccc(C(=O)NNc3ccc(Cl)nn3)cc2)C1c1ccccc1. The average molecular weight is 438 g/mol.